The third-order valence-corrected chi connectivity index (χ3v) is 1.56. The zero-order chi connectivity index (χ0) is 9.40. The summed E-state index contributed by atoms with van der Waals surface area (Å²) in [6.45, 7) is 11.0. The summed E-state index contributed by atoms with van der Waals surface area (Å²) < 4.78 is 0. The molecule has 1 heteroatoms. The summed E-state index contributed by atoms with van der Waals surface area (Å²) in [5.41, 5.74) is 0.886. The second kappa shape index (κ2) is 6.35. The molecule has 0 heterocycles. The zero-order valence-corrected chi connectivity index (χ0v) is 7.20. The van der Waals surface area contributed by atoms with Crippen LogP contribution >= 0.6 is 0 Å². The SMILES string of the molecule is C=C/C=C\C(=C)C(C=C)CC=O. The molecular weight excluding hydrogens is 148 g/mol. The normalized spacial score (nSPS) is 12.3. The number of aldehydes is 1. The van der Waals surface area contributed by atoms with Crippen molar-refractivity contribution in [2.45, 2.75) is 6.42 Å². The average molecular weight is 162 g/mol. The minimum Gasteiger partial charge on any atom is -0.303 e. The zero-order valence-electron chi connectivity index (χ0n) is 7.20. The monoisotopic (exact) mass is 162 g/mol. The van der Waals surface area contributed by atoms with Crippen LogP contribution < -0.4 is 0 Å². The molecular formula is C11H14O. The molecule has 0 rings (SSSR count). The molecule has 0 spiro atoms. The Bertz CT molecular complexity index is 211. The maximum atomic E-state index is 10.2. The lowest BCUT2D eigenvalue weighted by molar-refractivity contribution is -0.108. The van der Waals surface area contributed by atoms with Crippen molar-refractivity contribution in [2.24, 2.45) is 5.92 Å². The highest BCUT2D eigenvalue weighted by atomic mass is 16.1. The van der Waals surface area contributed by atoms with Gasteiger partial charge in [-0.2, -0.15) is 0 Å². The molecule has 0 radical (unpaired) electrons. The molecule has 1 unspecified atom stereocenters. The number of rotatable bonds is 6. The molecule has 0 N–H and O–H groups in total. The number of carbonyl (C=O) groups is 1. The van der Waals surface area contributed by atoms with E-state index in [1.54, 1.807) is 18.2 Å². The standard InChI is InChI=1S/C11H14O/c1-4-6-7-10(3)11(5-2)8-9-12/h4-7,9,11H,1-3,8H2/b7-6-. The molecule has 0 aromatic heterocycles. The lowest BCUT2D eigenvalue weighted by Crippen LogP contribution is -1.97. The number of hydrogen-bond acceptors (Lipinski definition) is 1. The van der Waals surface area contributed by atoms with Crippen LogP contribution in [0.3, 0.4) is 0 Å². The molecule has 0 fully saturated rings. The summed E-state index contributed by atoms with van der Waals surface area (Å²) in [7, 11) is 0. The Kier molecular flexibility index (Phi) is 5.62. The van der Waals surface area contributed by atoms with Gasteiger partial charge in [-0.3, -0.25) is 0 Å². The van der Waals surface area contributed by atoms with Crippen LogP contribution in [0.1, 0.15) is 6.42 Å². The summed E-state index contributed by atoms with van der Waals surface area (Å²) in [6.07, 6.45) is 8.35. The van der Waals surface area contributed by atoms with Crippen molar-refractivity contribution in [3.8, 4) is 0 Å². The van der Waals surface area contributed by atoms with Gasteiger partial charge in [0.15, 0.2) is 0 Å². The summed E-state index contributed by atoms with van der Waals surface area (Å²) in [4.78, 5) is 10.2. The van der Waals surface area contributed by atoms with Gasteiger partial charge in [-0.1, -0.05) is 37.5 Å². The van der Waals surface area contributed by atoms with E-state index < -0.39 is 0 Å². The maximum absolute atomic E-state index is 10.2. The molecule has 12 heavy (non-hydrogen) atoms. The molecule has 0 saturated carbocycles. The van der Waals surface area contributed by atoms with Crippen LogP contribution in [0.15, 0.2) is 49.6 Å². The summed E-state index contributed by atoms with van der Waals surface area (Å²) in [6, 6.07) is 0. The average Bonchev–Trinajstić information content (AvgIpc) is 2.10. The minimum atomic E-state index is 0.0544. The van der Waals surface area contributed by atoms with Gasteiger partial charge < -0.3 is 4.79 Å². The molecule has 0 saturated heterocycles. The van der Waals surface area contributed by atoms with E-state index >= 15 is 0 Å². The fourth-order valence-electron chi connectivity index (χ4n) is 0.818. The highest BCUT2D eigenvalue weighted by Gasteiger charge is 2.03. The van der Waals surface area contributed by atoms with Crippen molar-refractivity contribution in [3.05, 3.63) is 49.6 Å². The van der Waals surface area contributed by atoms with Gasteiger partial charge in [0.25, 0.3) is 0 Å². The van der Waals surface area contributed by atoms with Gasteiger partial charge in [0.2, 0.25) is 0 Å². The predicted molar refractivity (Wildman–Crippen MR) is 52.8 cm³/mol. The molecule has 0 aromatic carbocycles. The van der Waals surface area contributed by atoms with E-state index in [4.69, 9.17) is 0 Å². The third kappa shape index (κ3) is 3.71. The summed E-state index contributed by atoms with van der Waals surface area (Å²) in [5, 5.41) is 0. The highest BCUT2D eigenvalue weighted by Crippen LogP contribution is 2.14. The molecule has 0 aliphatic carbocycles. The van der Waals surface area contributed by atoms with E-state index in [0.717, 1.165) is 11.9 Å². The fourth-order valence-corrected chi connectivity index (χ4v) is 0.818. The van der Waals surface area contributed by atoms with Gasteiger partial charge in [-0.05, 0) is 5.57 Å². The largest absolute Gasteiger partial charge is 0.303 e. The molecule has 0 aliphatic rings. The number of carbonyl (C=O) groups excluding carboxylic acids is 1. The van der Waals surface area contributed by atoms with Gasteiger partial charge in [0.05, 0.1) is 0 Å². The lowest BCUT2D eigenvalue weighted by atomic mass is 9.97. The van der Waals surface area contributed by atoms with Crippen LogP contribution in [0, 0.1) is 5.92 Å². The van der Waals surface area contributed by atoms with Gasteiger partial charge in [0.1, 0.15) is 6.29 Å². The van der Waals surface area contributed by atoms with Crippen molar-refractivity contribution >= 4 is 6.29 Å². The Balaban J connectivity index is 4.19. The first-order valence-corrected chi connectivity index (χ1v) is 3.80. The third-order valence-electron chi connectivity index (χ3n) is 1.56. The van der Waals surface area contributed by atoms with Crippen LogP contribution in [0.4, 0.5) is 0 Å². The topological polar surface area (TPSA) is 17.1 Å². The Labute approximate surface area is 73.8 Å². The molecule has 0 aromatic rings. The summed E-state index contributed by atoms with van der Waals surface area (Å²) >= 11 is 0. The van der Waals surface area contributed by atoms with Crippen LogP contribution in [0.25, 0.3) is 0 Å². The van der Waals surface area contributed by atoms with Crippen LogP contribution in [-0.4, -0.2) is 6.29 Å². The second-order valence-corrected chi connectivity index (χ2v) is 2.41. The van der Waals surface area contributed by atoms with Gasteiger partial charge >= 0.3 is 0 Å². The first-order valence-electron chi connectivity index (χ1n) is 3.80. The van der Waals surface area contributed by atoms with Gasteiger partial charge in [-0.15, -0.1) is 6.58 Å². The van der Waals surface area contributed by atoms with Crippen molar-refractivity contribution in [3.63, 3.8) is 0 Å². The van der Waals surface area contributed by atoms with Crippen LogP contribution in [-0.2, 0) is 4.79 Å². The first kappa shape index (κ1) is 10.6. The molecule has 0 aliphatic heterocycles. The Morgan fingerprint density at radius 3 is 2.50 bits per heavy atom. The summed E-state index contributed by atoms with van der Waals surface area (Å²) in [5.74, 6) is 0.0544. The predicted octanol–water partition coefficient (Wildman–Crippen LogP) is 2.68. The van der Waals surface area contributed by atoms with E-state index in [9.17, 15) is 4.79 Å². The second-order valence-electron chi connectivity index (χ2n) is 2.41. The molecule has 0 bridgehead atoms. The van der Waals surface area contributed by atoms with Crippen molar-refractivity contribution in [2.75, 3.05) is 0 Å². The van der Waals surface area contributed by atoms with Crippen LogP contribution in [0.5, 0.6) is 0 Å². The van der Waals surface area contributed by atoms with E-state index in [1.165, 1.54) is 0 Å². The number of hydrogen-bond donors (Lipinski definition) is 0. The minimum absolute atomic E-state index is 0.0544. The van der Waals surface area contributed by atoms with Gasteiger partial charge in [-0.25, -0.2) is 0 Å². The smallest absolute Gasteiger partial charge is 0.120 e. The Morgan fingerprint density at radius 1 is 1.42 bits per heavy atom. The Hall–Kier alpha value is -1.37. The molecule has 1 atom stereocenters. The van der Waals surface area contributed by atoms with E-state index in [2.05, 4.69) is 19.7 Å². The quantitative estimate of drug-likeness (QED) is 0.333. The van der Waals surface area contributed by atoms with E-state index in [1.807, 2.05) is 6.08 Å². The maximum Gasteiger partial charge on any atom is 0.120 e. The van der Waals surface area contributed by atoms with E-state index in [-0.39, 0.29) is 5.92 Å². The van der Waals surface area contributed by atoms with E-state index in [0.29, 0.717) is 6.42 Å². The lowest BCUT2D eigenvalue weighted by Gasteiger charge is -2.07. The van der Waals surface area contributed by atoms with Crippen molar-refractivity contribution in [1.29, 1.82) is 0 Å². The van der Waals surface area contributed by atoms with Crippen molar-refractivity contribution < 1.29 is 4.79 Å². The molecule has 0 amide bonds. The van der Waals surface area contributed by atoms with Crippen molar-refractivity contribution in [1.82, 2.24) is 0 Å². The molecule has 1 nitrogen and oxygen atoms in total. The highest BCUT2D eigenvalue weighted by molar-refractivity contribution is 5.52. The fraction of sp³-hybridized carbons (Fsp3) is 0.182. The number of allylic oxidation sites excluding steroid dienone is 5. The van der Waals surface area contributed by atoms with Gasteiger partial charge in [0, 0.05) is 12.3 Å². The van der Waals surface area contributed by atoms with Crippen LogP contribution in [0.2, 0.25) is 0 Å². The Morgan fingerprint density at radius 2 is 2.08 bits per heavy atom. The molecule has 64 valence electrons. The first-order chi connectivity index (χ1) is 5.76.